The lowest BCUT2D eigenvalue weighted by Gasteiger charge is -2.40. The van der Waals surface area contributed by atoms with E-state index in [4.69, 9.17) is 14.6 Å². The van der Waals surface area contributed by atoms with Gasteiger partial charge in [-0.15, -0.1) is 0 Å². The van der Waals surface area contributed by atoms with Crippen LogP contribution in [-0.2, 0) is 19.1 Å². The zero-order chi connectivity index (χ0) is 23.7. The molecule has 1 aliphatic heterocycles. The van der Waals surface area contributed by atoms with Crippen LogP contribution < -0.4 is 10.6 Å². The largest absolute Gasteiger partial charge is 0.481 e. The first-order valence-corrected chi connectivity index (χ1v) is 11.7. The van der Waals surface area contributed by atoms with Gasteiger partial charge in [-0.25, -0.2) is 4.79 Å². The number of carbonyl (C=O) groups excluding carboxylic acids is 2. The van der Waals surface area contributed by atoms with Gasteiger partial charge in [0.25, 0.3) is 0 Å². The van der Waals surface area contributed by atoms with Crippen LogP contribution in [0.2, 0.25) is 0 Å². The highest BCUT2D eigenvalue weighted by atomic mass is 16.5. The van der Waals surface area contributed by atoms with Gasteiger partial charge in [0.2, 0.25) is 5.91 Å². The third kappa shape index (κ3) is 4.14. The van der Waals surface area contributed by atoms with Crippen LogP contribution in [0.5, 0.6) is 0 Å². The van der Waals surface area contributed by atoms with Crippen LogP contribution in [0.1, 0.15) is 42.7 Å². The molecule has 1 saturated heterocycles. The molecule has 5 rings (SSSR count). The first-order chi connectivity index (χ1) is 16.5. The van der Waals surface area contributed by atoms with Gasteiger partial charge in [-0.1, -0.05) is 48.5 Å². The van der Waals surface area contributed by atoms with Gasteiger partial charge in [0.15, 0.2) is 0 Å². The van der Waals surface area contributed by atoms with Crippen molar-refractivity contribution in [3.63, 3.8) is 0 Å². The van der Waals surface area contributed by atoms with Crippen LogP contribution in [0.3, 0.4) is 0 Å². The highest BCUT2D eigenvalue weighted by Crippen LogP contribution is 2.44. The Bertz CT molecular complexity index is 1070. The molecule has 2 aromatic rings. The number of hydrogen-bond acceptors (Lipinski definition) is 5. The van der Waals surface area contributed by atoms with E-state index >= 15 is 0 Å². The van der Waals surface area contributed by atoms with E-state index in [1.54, 1.807) is 0 Å². The molecular formula is C26H28N2O6. The average molecular weight is 465 g/mol. The summed E-state index contributed by atoms with van der Waals surface area (Å²) in [5.41, 5.74) is 3.57. The quantitative estimate of drug-likeness (QED) is 0.580. The first kappa shape index (κ1) is 22.4. The number of carboxylic acid groups (broad SMARTS) is 1. The number of benzene rings is 2. The van der Waals surface area contributed by atoms with Crippen LogP contribution in [-0.4, -0.2) is 54.5 Å². The Labute approximate surface area is 197 Å². The second-order valence-electron chi connectivity index (χ2n) is 9.32. The summed E-state index contributed by atoms with van der Waals surface area (Å²) in [6.07, 6.45) is 1.32. The number of hydrogen-bond donors (Lipinski definition) is 3. The van der Waals surface area contributed by atoms with Crippen molar-refractivity contribution in [1.82, 2.24) is 10.6 Å². The fourth-order valence-electron chi connectivity index (χ4n) is 5.16. The molecule has 34 heavy (non-hydrogen) atoms. The minimum atomic E-state index is -0.993. The van der Waals surface area contributed by atoms with Crippen LogP contribution in [0.25, 0.3) is 11.1 Å². The van der Waals surface area contributed by atoms with E-state index in [1.807, 2.05) is 24.3 Å². The van der Waals surface area contributed by atoms with E-state index in [2.05, 4.69) is 34.9 Å². The Balaban J connectivity index is 1.17. The predicted octanol–water partition coefficient (Wildman–Crippen LogP) is 3.05. The van der Waals surface area contributed by atoms with Crippen molar-refractivity contribution in [3.8, 4) is 11.1 Å². The molecule has 3 aliphatic rings. The topological polar surface area (TPSA) is 114 Å². The van der Waals surface area contributed by atoms with Crippen molar-refractivity contribution in [2.24, 2.45) is 5.92 Å². The molecule has 3 N–H and O–H groups in total. The monoisotopic (exact) mass is 464 g/mol. The van der Waals surface area contributed by atoms with Gasteiger partial charge in [-0.05, 0) is 47.9 Å². The minimum Gasteiger partial charge on any atom is -0.481 e. The maximum atomic E-state index is 12.9. The molecule has 8 heteroatoms. The van der Waals surface area contributed by atoms with E-state index in [-0.39, 0.29) is 37.7 Å². The number of aliphatic carboxylic acids is 1. The SMILES string of the molecule is O=C(NC1(C(=O)NC[C@@H]2C[C@H](C(=O)O)CO2)CCC1)OCC1c2ccccc2-c2ccccc21. The maximum Gasteiger partial charge on any atom is 0.408 e. The van der Waals surface area contributed by atoms with E-state index in [9.17, 15) is 14.4 Å². The zero-order valence-corrected chi connectivity index (χ0v) is 18.8. The number of carboxylic acids is 1. The maximum absolute atomic E-state index is 12.9. The molecule has 1 heterocycles. The molecule has 2 atom stereocenters. The Morgan fingerprint density at radius 2 is 1.68 bits per heavy atom. The van der Waals surface area contributed by atoms with Crippen LogP contribution in [0.15, 0.2) is 48.5 Å². The van der Waals surface area contributed by atoms with Crippen molar-refractivity contribution >= 4 is 18.0 Å². The van der Waals surface area contributed by atoms with Crippen LogP contribution in [0.4, 0.5) is 4.79 Å². The summed E-state index contributed by atoms with van der Waals surface area (Å²) in [6, 6.07) is 16.2. The van der Waals surface area contributed by atoms with Gasteiger partial charge in [-0.2, -0.15) is 0 Å². The molecule has 1 saturated carbocycles. The lowest BCUT2D eigenvalue weighted by Crippen LogP contribution is -2.63. The lowest BCUT2D eigenvalue weighted by molar-refractivity contribution is -0.141. The molecular weight excluding hydrogens is 436 g/mol. The molecule has 2 fully saturated rings. The number of ether oxygens (including phenoxy) is 2. The van der Waals surface area contributed by atoms with Gasteiger partial charge in [-0.3, -0.25) is 9.59 Å². The third-order valence-electron chi connectivity index (χ3n) is 7.25. The number of alkyl carbamates (subject to hydrolysis) is 1. The Kier molecular flexibility index (Phi) is 6.00. The molecule has 8 nitrogen and oxygen atoms in total. The van der Waals surface area contributed by atoms with Crippen LogP contribution in [0, 0.1) is 5.92 Å². The molecule has 0 unspecified atom stereocenters. The number of carbonyl (C=O) groups is 3. The number of nitrogens with one attached hydrogen (secondary N) is 2. The average Bonchev–Trinajstić information content (AvgIpc) is 3.42. The molecule has 2 aromatic carbocycles. The summed E-state index contributed by atoms with van der Waals surface area (Å²) in [4.78, 5) is 36.7. The van der Waals surface area contributed by atoms with E-state index in [0.29, 0.717) is 19.3 Å². The second-order valence-corrected chi connectivity index (χ2v) is 9.32. The molecule has 0 aromatic heterocycles. The fourth-order valence-corrected chi connectivity index (χ4v) is 5.16. The Morgan fingerprint density at radius 3 is 2.24 bits per heavy atom. The smallest absolute Gasteiger partial charge is 0.408 e. The van der Waals surface area contributed by atoms with Crippen molar-refractivity contribution in [1.29, 1.82) is 0 Å². The number of amides is 2. The van der Waals surface area contributed by atoms with E-state index in [1.165, 1.54) is 0 Å². The molecule has 2 amide bonds. The van der Waals surface area contributed by atoms with Crippen LogP contribution >= 0.6 is 0 Å². The third-order valence-corrected chi connectivity index (χ3v) is 7.25. The van der Waals surface area contributed by atoms with Crippen molar-refractivity contribution in [2.45, 2.75) is 43.2 Å². The summed E-state index contributed by atoms with van der Waals surface area (Å²) in [7, 11) is 0. The summed E-state index contributed by atoms with van der Waals surface area (Å²) >= 11 is 0. The normalized spacial score (nSPS) is 22.2. The van der Waals surface area contributed by atoms with Crippen molar-refractivity contribution < 1.29 is 29.0 Å². The molecule has 0 bridgehead atoms. The summed E-state index contributed by atoms with van der Waals surface area (Å²) in [5, 5.41) is 14.7. The Morgan fingerprint density at radius 1 is 1.03 bits per heavy atom. The summed E-state index contributed by atoms with van der Waals surface area (Å²) in [6.45, 7) is 0.555. The number of fused-ring (bicyclic) bond motifs is 3. The van der Waals surface area contributed by atoms with Gasteiger partial charge in [0, 0.05) is 12.5 Å². The van der Waals surface area contributed by atoms with Gasteiger partial charge >= 0.3 is 12.1 Å². The Hall–Kier alpha value is -3.39. The molecule has 2 aliphatic carbocycles. The predicted molar refractivity (Wildman–Crippen MR) is 123 cm³/mol. The lowest BCUT2D eigenvalue weighted by atomic mass is 9.76. The van der Waals surface area contributed by atoms with Gasteiger partial charge in [0.05, 0.1) is 18.6 Å². The van der Waals surface area contributed by atoms with E-state index in [0.717, 1.165) is 28.7 Å². The van der Waals surface area contributed by atoms with E-state index < -0.39 is 23.5 Å². The number of rotatable bonds is 7. The highest BCUT2D eigenvalue weighted by molar-refractivity contribution is 5.91. The standard InChI is InChI=1S/C26H28N2O6/c29-23(30)16-12-17(33-14-16)13-27-24(31)26(10-5-11-26)28-25(32)34-15-22-20-8-3-1-6-18(20)19-7-2-4-9-21(19)22/h1-4,6-9,16-17,22H,5,10-15H2,(H,27,31)(H,28,32)(H,29,30)/t16-,17-/m0/s1. The fraction of sp³-hybridized carbons (Fsp3) is 0.423. The first-order valence-electron chi connectivity index (χ1n) is 11.7. The van der Waals surface area contributed by atoms with Gasteiger partial charge in [0.1, 0.15) is 12.1 Å². The van der Waals surface area contributed by atoms with Gasteiger partial charge < -0.3 is 25.2 Å². The minimum absolute atomic E-state index is 0.0500. The molecule has 0 radical (unpaired) electrons. The summed E-state index contributed by atoms with van der Waals surface area (Å²) in [5.74, 6) is -1.76. The highest BCUT2D eigenvalue weighted by Gasteiger charge is 2.46. The van der Waals surface area contributed by atoms with Crippen molar-refractivity contribution in [2.75, 3.05) is 19.8 Å². The molecule has 0 spiro atoms. The second kappa shape index (κ2) is 9.10. The summed E-state index contributed by atoms with van der Waals surface area (Å²) < 4.78 is 11.1. The molecule has 178 valence electrons. The zero-order valence-electron chi connectivity index (χ0n) is 18.8. The van der Waals surface area contributed by atoms with Crippen molar-refractivity contribution in [3.05, 3.63) is 59.7 Å².